The van der Waals surface area contributed by atoms with E-state index >= 15 is 0 Å². The molecule has 0 bridgehead atoms. The number of rotatable bonds is 5. The molecule has 0 amide bonds. The minimum absolute atomic E-state index is 0.00660. The number of nitrogens with two attached hydrogens (primary N) is 1. The summed E-state index contributed by atoms with van der Waals surface area (Å²) < 4.78 is 9.95. The number of hydrogen-bond donors (Lipinski definition) is 2. The maximum atomic E-state index is 8.34. The van der Waals surface area contributed by atoms with Gasteiger partial charge in [-0.1, -0.05) is 0 Å². The second kappa shape index (κ2) is 5.61. The largest absolute Gasteiger partial charge is 0.394 e. The highest BCUT2D eigenvalue weighted by molar-refractivity contribution is 4.36. The molecule has 2 unspecified atom stereocenters. The first kappa shape index (κ1) is 9.84. The molecule has 0 aromatic rings. The van der Waals surface area contributed by atoms with Crippen molar-refractivity contribution in [2.45, 2.75) is 26.4 Å². The van der Waals surface area contributed by atoms with Gasteiger partial charge in [-0.15, -0.1) is 0 Å². The third kappa shape index (κ3) is 5.97. The normalized spacial score (nSPS) is 16.8. The molecular formula is C6H15NO3. The standard InChI is InChI=1S/C6H15NO3/c1-5(7)10-6(2)9-4-3-8/h5-6,8H,3-4,7H2,1-2H3. The van der Waals surface area contributed by atoms with Crippen molar-refractivity contribution in [3.63, 3.8) is 0 Å². The first-order valence-corrected chi connectivity index (χ1v) is 3.30. The Morgan fingerprint density at radius 3 is 2.50 bits per heavy atom. The SMILES string of the molecule is CC(N)OC(C)OCCO. The first-order valence-electron chi connectivity index (χ1n) is 3.30. The second-order valence-electron chi connectivity index (χ2n) is 2.00. The quantitative estimate of drug-likeness (QED) is 0.525. The maximum Gasteiger partial charge on any atom is 0.156 e. The molecule has 0 aromatic heterocycles. The summed E-state index contributed by atoms with van der Waals surface area (Å²) >= 11 is 0. The molecule has 0 fully saturated rings. The van der Waals surface area contributed by atoms with Crippen LogP contribution in [0, 0.1) is 0 Å². The molecule has 3 N–H and O–H groups in total. The Hall–Kier alpha value is -0.160. The van der Waals surface area contributed by atoms with Crippen LogP contribution in [0.3, 0.4) is 0 Å². The van der Waals surface area contributed by atoms with E-state index in [2.05, 4.69) is 0 Å². The van der Waals surface area contributed by atoms with Crippen molar-refractivity contribution in [2.75, 3.05) is 13.2 Å². The monoisotopic (exact) mass is 149 g/mol. The molecule has 0 radical (unpaired) electrons. The average molecular weight is 149 g/mol. The van der Waals surface area contributed by atoms with Gasteiger partial charge in [-0.3, -0.25) is 0 Å². The summed E-state index contributed by atoms with van der Waals surface area (Å²) in [6.07, 6.45) is -0.666. The van der Waals surface area contributed by atoms with Crippen LogP contribution in [0.5, 0.6) is 0 Å². The summed E-state index contributed by atoms with van der Waals surface area (Å²) in [5, 5.41) is 8.34. The number of aliphatic hydroxyl groups excluding tert-OH is 1. The molecule has 0 aliphatic rings. The zero-order valence-electron chi connectivity index (χ0n) is 6.41. The fourth-order valence-corrected chi connectivity index (χ4v) is 0.560. The zero-order chi connectivity index (χ0) is 7.98. The molecule has 62 valence electrons. The fraction of sp³-hybridized carbons (Fsp3) is 1.00. The first-order chi connectivity index (χ1) is 4.66. The predicted octanol–water partition coefficient (Wildman–Crippen LogP) is -0.337. The lowest BCUT2D eigenvalue weighted by atomic mass is 10.6. The van der Waals surface area contributed by atoms with Crippen LogP contribution < -0.4 is 5.73 Å². The summed E-state index contributed by atoms with van der Waals surface area (Å²) in [5.74, 6) is 0. The summed E-state index contributed by atoms with van der Waals surface area (Å²) in [5.41, 5.74) is 5.30. The van der Waals surface area contributed by atoms with Crippen LogP contribution >= 0.6 is 0 Å². The Labute approximate surface area is 60.9 Å². The zero-order valence-corrected chi connectivity index (χ0v) is 6.41. The van der Waals surface area contributed by atoms with Crippen LogP contribution in [0.15, 0.2) is 0 Å². The van der Waals surface area contributed by atoms with Gasteiger partial charge in [0.1, 0.15) is 6.23 Å². The Balaban J connectivity index is 3.16. The van der Waals surface area contributed by atoms with Gasteiger partial charge >= 0.3 is 0 Å². The highest BCUT2D eigenvalue weighted by atomic mass is 16.7. The molecule has 0 aliphatic heterocycles. The minimum atomic E-state index is -0.341. The van der Waals surface area contributed by atoms with Crippen LogP contribution in [-0.2, 0) is 9.47 Å². The third-order valence-corrected chi connectivity index (χ3v) is 0.850. The Bertz CT molecular complexity index is 77.4. The predicted molar refractivity (Wildman–Crippen MR) is 37.2 cm³/mol. The van der Waals surface area contributed by atoms with E-state index in [9.17, 15) is 0 Å². The van der Waals surface area contributed by atoms with Gasteiger partial charge in [0.15, 0.2) is 6.29 Å². The van der Waals surface area contributed by atoms with E-state index in [4.69, 9.17) is 20.3 Å². The lowest BCUT2D eigenvalue weighted by Crippen LogP contribution is -2.27. The molecule has 0 heterocycles. The van der Waals surface area contributed by atoms with E-state index in [-0.39, 0.29) is 25.7 Å². The lowest BCUT2D eigenvalue weighted by Gasteiger charge is -2.15. The summed E-state index contributed by atoms with van der Waals surface area (Å²) in [6, 6.07) is 0. The van der Waals surface area contributed by atoms with Crippen molar-refractivity contribution < 1.29 is 14.6 Å². The molecule has 10 heavy (non-hydrogen) atoms. The molecular weight excluding hydrogens is 134 g/mol. The number of aliphatic hydroxyl groups is 1. The van der Waals surface area contributed by atoms with Crippen LogP contribution in [-0.4, -0.2) is 30.8 Å². The van der Waals surface area contributed by atoms with E-state index in [1.807, 2.05) is 0 Å². The molecule has 4 nitrogen and oxygen atoms in total. The summed E-state index contributed by atoms with van der Waals surface area (Å²) in [4.78, 5) is 0. The van der Waals surface area contributed by atoms with Crippen LogP contribution in [0.25, 0.3) is 0 Å². The van der Waals surface area contributed by atoms with Crippen molar-refractivity contribution in [1.29, 1.82) is 0 Å². The third-order valence-electron chi connectivity index (χ3n) is 0.850. The van der Waals surface area contributed by atoms with Gasteiger partial charge in [-0.2, -0.15) is 0 Å². The molecule has 0 saturated carbocycles. The minimum Gasteiger partial charge on any atom is -0.394 e. The van der Waals surface area contributed by atoms with E-state index < -0.39 is 0 Å². The van der Waals surface area contributed by atoms with E-state index in [0.29, 0.717) is 0 Å². The van der Waals surface area contributed by atoms with E-state index in [1.54, 1.807) is 13.8 Å². The Kier molecular flexibility index (Phi) is 5.52. The topological polar surface area (TPSA) is 64.7 Å². The van der Waals surface area contributed by atoms with Crippen LogP contribution in [0.2, 0.25) is 0 Å². The van der Waals surface area contributed by atoms with Crippen molar-refractivity contribution >= 4 is 0 Å². The van der Waals surface area contributed by atoms with Gasteiger partial charge in [0.25, 0.3) is 0 Å². The average Bonchev–Trinajstić information content (AvgIpc) is 1.82. The van der Waals surface area contributed by atoms with E-state index in [1.165, 1.54) is 0 Å². The molecule has 0 aromatic carbocycles. The van der Waals surface area contributed by atoms with Gasteiger partial charge in [-0.05, 0) is 13.8 Å². The number of ether oxygens (including phenoxy) is 2. The van der Waals surface area contributed by atoms with E-state index in [0.717, 1.165) is 0 Å². The highest BCUT2D eigenvalue weighted by Crippen LogP contribution is 1.94. The summed E-state index contributed by atoms with van der Waals surface area (Å²) in [7, 11) is 0. The number of hydrogen-bond acceptors (Lipinski definition) is 4. The van der Waals surface area contributed by atoms with Crippen molar-refractivity contribution in [2.24, 2.45) is 5.73 Å². The highest BCUT2D eigenvalue weighted by Gasteiger charge is 2.02. The second-order valence-corrected chi connectivity index (χ2v) is 2.00. The fourth-order valence-electron chi connectivity index (χ4n) is 0.560. The molecule has 0 aliphatic carbocycles. The van der Waals surface area contributed by atoms with Gasteiger partial charge in [0, 0.05) is 0 Å². The van der Waals surface area contributed by atoms with Crippen LogP contribution in [0.4, 0.5) is 0 Å². The molecule has 0 rings (SSSR count). The summed E-state index contributed by atoms with van der Waals surface area (Å²) in [6.45, 7) is 3.75. The Morgan fingerprint density at radius 2 is 2.10 bits per heavy atom. The van der Waals surface area contributed by atoms with Gasteiger partial charge < -0.3 is 20.3 Å². The maximum absolute atomic E-state index is 8.34. The van der Waals surface area contributed by atoms with Crippen LogP contribution in [0.1, 0.15) is 13.8 Å². The van der Waals surface area contributed by atoms with Gasteiger partial charge in [-0.25, -0.2) is 0 Å². The molecule has 0 saturated heterocycles. The lowest BCUT2D eigenvalue weighted by molar-refractivity contribution is -0.158. The van der Waals surface area contributed by atoms with Gasteiger partial charge in [0.05, 0.1) is 13.2 Å². The van der Waals surface area contributed by atoms with Crippen molar-refractivity contribution in [3.05, 3.63) is 0 Å². The Morgan fingerprint density at radius 1 is 1.50 bits per heavy atom. The van der Waals surface area contributed by atoms with Crippen molar-refractivity contribution in [1.82, 2.24) is 0 Å². The smallest absolute Gasteiger partial charge is 0.156 e. The molecule has 4 heteroatoms. The molecule has 2 atom stereocenters. The van der Waals surface area contributed by atoms with Gasteiger partial charge in [0.2, 0.25) is 0 Å². The van der Waals surface area contributed by atoms with Crippen molar-refractivity contribution in [3.8, 4) is 0 Å². The molecule has 0 spiro atoms.